The Balaban J connectivity index is 2.32. The third-order valence-corrected chi connectivity index (χ3v) is 3.28. The number of ether oxygens (including phenoxy) is 2. The first-order valence-electron chi connectivity index (χ1n) is 7.69. The van der Waals surface area contributed by atoms with Gasteiger partial charge in [-0.25, -0.2) is 4.79 Å². The fourth-order valence-electron chi connectivity index (χ4n) is 1.97. The van der Waals surface area contributed by atoms with E-state index in [2.05, 4.69) is 20.4 Å². The lowest BCUT2D eigenvalue weighted by atomic mass is 10.1. The van der Waals surface area contributed by atoms with Crippen LogP contribution >= 0.6 is 0 Å². The topological polar surface area (TPSA) is 92.3 Å². The highest BCUT2D eigenvalue weighted by Crippen LogP contribution is 2.15. The van der Waals surface area contributed by atoms with E-state index in [1.54, 1.807) is 18.9 Å². The average molecular weight is 328 g/mol. The molecule has 8 nitrogen and oxygen atoms in total. The minimum Gasteiger partial charge on any atom is -0.469 e. The molecular formula is C15H28N4O4. The fraction of sp³-hybridized carbons (Fsp3) is 0.800. The molecule has 0 aromatic rings. The van der Waals surface area contributed by atoms with Gasteiger partial charge in [-0.05, 0) is 20.8 Å². The molecule has 2 N–H and O–H groups in total. The predicted molar refractivity (Wildman–Crippen MR) is 87.3 cm³/mol. The molecule has 0 aromatic carbocycles. The Labute approximate surface area is 137 Å². The molecule has 1 saturated heterocycles. The van der Waals surface area contributed by atoms with Gasteiger partial charge in [-0.15, -0.1) is 0 Å². The van der Waals surface area contributed by atoms with Crippen LogP contribution in [0.2, 0.25) is 0 Å². The summed E-state index contributed by atoms with van der Waals surface area (Å²) in [6.07, 6.45) is -0.308. The summed E-state index contributed by atoms with van der Waals surface area (Å²) in [5, 5.41) is 6.27. The van der Waals surface area contributed by atoms with Crippen molar-refractivity contribution >= 4 is 18.0 Å². The Morgan fingerprint density at radius 3 is 2.43 bits per heavy atom. The first kappa shape index (κ1) is 19.1. The Hall–Kier alpha value is -1.99. The lowest BCUT2D eigenvalue weighted by molar-refractivity contribution is -0.144. The SMILES string of the molecule is CN=C(NCC(C)C(=O)OC)NC1CN(C(=O)OC(C)(C)C)C1. The number of nitrogens with zero attached hydrogens (tertiary/aromatic N) is 2. The number of hydrogen-bond donors (Lipinski definition) is 2. The second kappa shape index (κ2) is 8.03. The summed E-state index contributed by atoms with van der Waals surface area (Å²) in [5.74, 6) is 0.0560. The van der Waals surface area contributed by atoms with Crippen molar-refractivity contribution in [3.05, 3.63) is 0 Å². The predicted octanol–water partition coefficient (Wildman–Crippen LogP) is 0.580. The Morgan fingerprint density at radius 1 is 1.35 bits per heavy atom. The molecule has 0 spiro atoms. The maximum atomic E-state index is 11.8. The molecule has 1 rings (SSSR count). The summed E-state index contributed by atoms with van der Waals surface area (Å²) in [7, 11) is 3.02. The van der Waals surface area contributed by atoms with Gasteiger partial charge in [0.05, 0.1) is 19.1 Å². The van der Waals surface area contributed by atoms with Gasteiger partial charge >= 0.3 is 12.1 Å². The van der Waals surface area contributed by atoms with Crippen LogP contribution in [0.4, 0.5) is 4.79 Å². The number of carbonyl (C=O) groups excluding carboxylic acids is 2. The Morgan fingerprint density at radius 2 is 1.96 bits per heavy atom. The van der Waals surface area contributed by atoms with E-state index in [0.29, 0.717) is 25.6 Å². The molecule has 0 bridgehead atoms. The lowest BCUT2D eigenvalue weighted by Gasteiger charge is -2.40. The van der Waals surface area contributed by atoms with E-state index >= 15 is 0 Å². The smallest absolute Gasteiger partial charge is 0.410 e. The number of likely N-dealkylation sites (tertiary alicyclic amines) is 1. The van der Waals surface area contributed by atoms with Crippen LogP contribution in [0.5, 0.6) is 0 Å². The van der Waals surface area contributed by atoms with Crippen LogP contribution in [0.25, 0.3) is 0 Å². The standard InChI is InChI=1S/C15H28N4O4/c1-10(12(20)22-6)7-17-13(16-5)18-11-8-19(9-11)14(21)23-15(2,3)4/h10-11H,7-9H2,1-6H3,(H2,16,17,18). The number of guanidine groups is 1. The van der Waals surface area contributed by atoms with Gasteiger partial charge in [0.2, 0.25) is 0 Å². The highest BCUT2D eigenvalue weighted by Gasteiger charge is 2.34. The van der Waals surface area contributed by atoms with Crippen LogP contribution < -0.4 is 10.6 Å². The van der Waals surface area contributed by atoms with Gasteiger partial charge in [0.25, 0.3) is 0 Å². The van der Waals surface area contributed by atoms with E-state index in [0.717, 1.165) is 0 Å². The summed E-state index contributed by atoms with van der Waals surface area (Å²) in [4.78, 5) is 28.9. The van der Waals surface area contributed by atoms with Crippen molar-refractivity contribution in [3.8, 4) is 0 Å². The van der Waals surface area contributed by atoms with Crippen LogP contribution in [0.1, 0.15) is 27.7 Å². The van der Waals surface area contributed by atoms with E-state index in [4.69, 9.17) is 4.74 Å². The molecule has 1 amide bonds. The number of amides is 1. The number of hydrogen-bond acceptors (Lipinski definition) is 5. The number of carbonyl (C=O) groups is 2. The second-order valence-corrected chi connectivity index (χ2v) is 6.60. The first-order chi connectivity index (χ1) is 10.7. The summed E-state index contributed by atoms with van der Waals surface area (Å²) in [6, 6.07) is 0.113. The molecule has 132 valence electrons. The fourth-order valence-corrected chi connectivity index (χ4v) is 1.97. The molecule has 1 unspecified atom stereocenters. The van der Waals surface area contributed by atoms with E-state index in [9.17, 15) is 9.59 Å². The van der Waals surface area contributed by atoms with Crippen LogP contribution in [0.15, 0.2) is 4.99 Å². The van der Waals surface area contributed by atoms with Crippen molar-refractivity contribution in [2.45, 2.75) is 39.3 Å². The summed E-state index contributed by atoms with van der Waals surface area (Å²) >= 11 is 0. The van der Waals surface area contributed by atoms with Crippen molar-refractivity contribution in [3.63, 3.8) is 0 Å². The van der Waals surface area contributed by atoms with Gasteiger partial charge in [-0.3, -0.25) is 9.79 Å². The lowest BCUT2D eigenvalue weighted by Crippen LogP contribution is -2.63. The summed E-state index contributed by atoms with van der Waals surface area (Å²) < 4.78 is 9.98. The molecule has 0 aliphatic carbocycles. The number of methoxy groups -OCH3 is 1. The van der Waals surface area contributed by atoms with E-state index in [1.165, 1.54) is 7.11 Å². The molecule has 0 aromatic heterocycles. The monoisotopic (exact) mass is 328 g/mol. The molecule has 1 heterocycles. The van der Waals surface area contributed by atoms with Gasteiger partial charge in [0.1, 0.15) is 5.60 Å². The molecule has 1 fully saturated rings. The number of esters is 1. The molecule has 1 aliphatic rings. The van der Waals surface area contributed by atoms with E-state index in [-0.39, 0.29) is 24.0 Å². The minimum absolute atomic E-state index is 0.113. The zero-order chi connectivity index (χ0) is 17.6. The largest absolute Gasteiger partial charge is 0.469 e. The number of rotatable bonds is 4. The molecule has 0 radical (unpaired) electrons. The van der Waals surface area contributed by atoms with Crippen molar-refractivity contribution in [2.75, 3.05) is 33.8 Å². The van der Waals surface area contributed by atoms with Crippen molar-refractivity contribution in [1.29, 1.82) is 0 Å². The first-order valence-corrected chi connectivity index (χ1v) is 7.69. The van der Waals surface area contributed by atoms with Crippen LogP contribution in [-0.2, 0) is 14.3 Å². The van der Waals surface area contributed by atoms with Gasteiger partial charge in [-0.2, -0.15) is 0 Å². The van der Waals surface area contributed by atoms with Gasteiger partial charge in [0, 0.05) is 26.7 Å². The van der Waals surface area contributed by atoms with Crippen LogP contribution in [-0.4, -0.2) is 68.4 Å². The third kappa shape index (κ3) is 6.33. The Bertz CT molecular complexity index is 453. The van der Waals surface area contributed by atoms with E-state index < -0.39 is 5.60 Å². The Kier molecular flexibility index (Phi) is 6.65. The zero-order valence-corrected chi connectivity index (χ0v) is 14.8. The van der Waals surface area contributed by atoms with Crippen molar-refractivity contribution in [2.24, 2.45) is 10.9 Å². The average Bonchev–Trinajstić information content (AvgIpc) is 2.41. The summed E-state index contributed by atoms with van der Waals surface area (Å²) in [5.41, 5.74) is -0.489. The molecular weight excluding hydrogens is 300 g/mol. The highest BCUT2D eigenvalue weighted by atomic mass is 16.6. The minimum atomic E-state index is -0.489. The quantitative estimate of drug-likeness (QED) is 0.445. The van der Waals surface area contributed by atoms with Gasteiger partial charge in [-0.1, -0.05) is 6.92 Å². The van der Waals surface area contributed by atoms with Gasteiger partial charge in [0.15, 0.2) is 5.96 Å². The number of aliphatic imine (C=N–C) groups is 1. The van der Waals surface area contributed by atoms with Crippen LogP contribution in [0, 0.1) is 5.92 Å². The maximum absolute atomic E-state index is 11.8. The summed E-state index contributed by atoms with van der Waals surface area (Å²) in [6.45, 7) is 8.84. The molecule has 0 saturated carbocycles. The van der Waals surface area contributed by atoms with Crippen LogP contribution in [0.3, 0.4) is 0 Å². The molecule has 1 aliphatic heterocycles. The van der Waals surface area contributed by atoms with Crippen molar-refractivity contribution < 1.29 is 19.1 Å². The maximum Gasteiger partial charge on any atom is 0.410 e. The molecule has 8 heteroatoms. The number of nitrogens with one attached hydrogen (secondary N) is 2. The molecule has 23 heavy (non-hydrogen) atoms. The van der Waals surface area contributed by atoms with E-state index in [1.807, 2.05) is 20.8 Å². The van der Waals surface area contributed by atoms with Gasteiger partial charge < -0.3 is 25.0 Å². The zero-order valence-electron chi connectivity index (χ0n) is 14.8. The molecule has 1 atom stereocenters. The third-order valence-electron chi connectivity index (χ3n) is 3.28. The highest BCUT2D eigenvalue weighted by molar-refractivity contribution is 5.81. The normalized spacial score (nSPS) is 17.1. The second-order valence-electron chi connectivity index (χ2n) is 6.60. The van der Waals surface area contributed by atoms with Crippen molar-refractivity contribution in [1.82, 2.24) is 15.5 Å².